The number of hydrogen-bond acceptors (Lipinski definition) is 4. The largest absolute Gasteiger partial charge is 0.444 e. The Morgan fingerprint density at radius 3 is 2.43 bits per heavy atom. The van der Waals surface area contributed by atoms with Crippen LogP contribution in [-0.2, 0) is 4.74 Å². The fourth-order valence-corrected chi connectivity index (χ4v) is 3.65. The number of carbonyl (C=O) groups excluding carboxylic acids is 1. The number of thioether (sulfide) groups is 1. The summed E-state index contributed by atoms with van der Waals surface area (Å²) >= 11 is 1.88. The number of likely N-dealkylation sites (tertiary alicyclic amines) is 1. The quantitative estimate of drug-likeness (QED) is 0.654. The van der Waals surface area contributed by atoms with Gasteiger partial charge in [0.1, 0.15) is 5.60 Å². The Labute approximate surface area is 143 Å². The highest BCUT2D eigenvalue weighted by molar-refractivity contribution is 7.99. The lowest BCUT2D eigenvalue weighted by molar-refractivity contribution is 0.0183. The van der Waals surface area contributed by atoms with Crippen LogP contribution in [0.3, 0.4) is 0 Å². The molecule has 1 aromatic rings. The monoisotopic (exact) mass is 336 g/mol. The van der Waals surface area contributed by atoms with Crippen LogP contribution < -0.4 is 5.73 Å². The Bertz CT molecular complexity index is 503. The van der Waals surface area contributed by atoms with Gasteiger partial charge in [0.2, 0.25) is 0 Å². The molecule has 0 saturated carbocycles. The molecule has 1 aliphatic rings. The summed E-state index contributed by atoms with van der Waals surface area (Å²) in [6.07, 6.45) is 3.16. The van der Waals surface area contributed by atoms with Gasteiger partial charge in [-0.15, -0.1) is 11.8 Å². The molecule has 4 nitrogen and oxygen atoms in total. The number of amides is 1. The molecule has 0 spiro atoms. The lowest BCUT2D eigenvalue weighted by Crippen LogP contribution is -2.41. The summed E-state index contributed by atoms with van der Waals surface area (Å²) in [7, 11) is 0. The van der Waals surface area contributed by atoms with Crippen molar-refractivity contribution in [1.82, 2.24) is 4.90 Å². The first-order valence-corrected chi connectivity index (χ1v) is 9.28. The Kier molecular flexibility index (Phi) is 6.22. The van der Waals surface area contributed by atoms with E-state index < -0.39 is 5.60 Å². The second-order valence-electron chi connectivity index (χ2n) is 7.12. The van der Waals surface area contributed by atoms with Crippen molar-refractivity contribution < 1.29 is 9.53 Å². The summed E-state index contributed by atoms with van der Waals surface area (Å²) in [6.45, 7) is 7.35. The summed E-state index contributed by atoms with van der Waals surface area (Å²) < 4.78 is 5.43. The number of nitrogen functional groups attached to an aromatic ring is 1. The molecule has 0 radical (unpaired) electrons. The van der Waals surface area contributed by atoms with E-state index >= 15 is 0 Å². The van der Waals surface area contributed by atoms with Crippen molar-refractivity contribution in [3.05, 3.63) is 24.3 Å². The number of nitrogens with two attached hydrogens (primary N) is 1. The Balaban J connectivity index is 1.66. The van der Waals surface area contributed by atoms with Crippen LogP contribution in [0.25, 0.3) is 0 Å². The number of piperidine rings is 1. The van der Waals surface area contributed by atoms with Crippen molar-refractivity contribution in [2.75, 3.05) is 24.6 Å². The Morgan fingerprint density at radius 2 is 1.87 bits per heavy atom. The summed E-state index contributed by atoms with van der Waals surface area (Å²) in [5.74, 6) is 1.82. The van der Waals surface area contributed by atoms with Gasteiger partial charge in [0.05, 0.1) is 0 Å². The van der Waals surface area contributed by atoms with E-state index in [-0.39, 0.29) is 6.09 Å². The zero-order valence-electron chi connectivity index (χ0n) is 14.4. The summed E-state index contributed by atoms with van der Waals surface area (Å²) in [5.41, 5.74) is 6.09. The van der Waals surface area contributed by atoms with E-state index in [9.17, 15) is 4.79 Å². The first-order valence-electron chi connectivity index (χ1n) is 8.30. The van der Waals surface area contributed by atoms with Crippen LogP contribution in [0.4, 0.5) is 10.5 Å². The van der Waals surface area contributed by atoms with E-state index in [2.05, 4.69) is 12.1 Å². The molecule has 2 rings (SSSR count). The lowest BCUT2D eigenvalue weighted by Gasteiger charge is -2.33. The molecular weight excluding hydrogens is 308 g/mol. The first kappa shape index (κ1) is 18.0. The zero-order chi connectivity index (χ0) is 16.9. The highest BCUT2D eigenvalue weighted by atomic mass is 32.2. The molecule has 1 heterocycles. The smallest absolute Gasteiger partial charge is 0.410 e. The van der Waals surface area contributed by atoms with Gasteiger partial charge in [-0.2, -0.15) is 0 Å². The highest BCUT2D eigenvalue weighted by Crippen LogP contribution is 2.26. The average molecular weight is 337 g/mol. The molecule has 1 amide bonds. The van der Waals surface area contributed by atoms with Gasteiger partial charge in [0.15, 0.2) is 0 Å². The molecule has 0 bridgehead atoms. The number of nitrogens with zero attached hydrogens (tertiary/aromatic N) is 1. The number of carbonyl (C=O) groups is 1. The van der Waals surface area contributed by atoms with E-state index in [1.165, 1.54) is 11.3 Å². The third-order valence-corrected chi connectivity index (χ3v) is 4.99. The van der Waals surface area contributed by atoms with Crippen molar-refractivity contribution in [2.45, 2.75) is 50.5 Å². The lowest BCUT2D eigenvalue weighted by atomic mass is 9.95. The maximum absolute atomic E-state index is 12.0. The average Bonchev–Trinajstić information content (AvgIpc) is 2.48. The van der Waals surface area contributed by atoms with Gasteiger partial charge < -0.3 is 15.4 Å². The SMILES string of the molecule is CC(C)(C)OC(=O)N1CCC(CCSc2ccc(N)cc2)CC1. The molecule has 1 fully saturated rings. The summed E-state index contributed by atoms with van der Waals surface area (Å²) in [6, 6.07) is 8.04. The molecule has 0 aromatic heterocycles. The van der Waals surface area contributed by atoms with Crippen LogP contribution >= 0.6 is 11.8 Å². The maximum Gasteiger partial charge on any atom is 0.410 e. The maximum atomic E-state index is 12.0. The van der Waals surface area contributed by atoms with E-state index in [1.807, 2.05) is 49.6 Å². The topological polar surface area (TPSA) is 55.6 Å². The summed E-state index contributed by atoms with van der Waals surface area (Å²) in [5, 5.41) is 0. The minimum Gasteiger partial charge on any atom is -0.444 e. The van der Waals surface area contributed by atoms with Gasteiger partial charge in [-0.25, -0.2) is 4.79 Å². The van der Waals surface area contributed by atoms with E-state index in [0.717, 1.165) is 37.4 Å². The molecule has 1 saturated heterocycles. The van der Waals surface area contributed by atoms with Crippen LogP contribution in [0.5, 0.6) is 0 Å². The normalized spacial score (nSPS) is 16.4. The molecule has 23 heavy (non-hydrogen) atoms. The van der Waals surface area contributed by atoms with Crippen LogP contribution in [0, 0.1) is 5.92 Å². The van der Waals surface area contributed by atoms with Crippen molar-refractivity contribution >= 4 is 23.5 Å². The predicted molar refractivity (Wildman–Crippen MR) is 96.7 cm³/mol. The third-order valence-electron chi connectivity index (χ3n) is 3.94. The standard InChI is InChI=1S/C18H28N2O2S/c1-18(2,3)22-17(21)20-11-8-14(9-12-20)10-13-23-16-6-4-15(19)5-7-16/h4-7,14H,8-13,19H2,1-3H3. The van der Waals surface area contributed by atoms with E-state index in [0.29, 0.717) is 5.92 Å². The van der Waals surface area contributed by atoms with Gasteiger partial charge in [-0.1, -0.05) is 0 Å². The molecule has 5 heteroatoms. The Morgan fingerprint density at radius 1 is 1.26 bits per heavy atom. The molecule has 0 unspecified atom stereocenters. The molecule has 0 aliphatic carbocycles. The second kappa shape index (κ2) is 7.95. The fourth-order valence-electron chi connectivity index (χ4n) is 2.64. The highest BCUT2D eigenvalue weighted by Gasteiger charge is 2.26. The van der Waals surface area contributed by atoms with Crippen LogP contribution in [0.2, 0.25) is 0 Å². The second-order valence-corrected chi connectivity index (χ2v) is 8.29. The molecule has 1 aromatic carbocycles. The summed E-state index contributed by atoms with van der Waals surface area (Å²) in [4.78, 5) is 15.1. The molecule has 1 aliphatic heterocycles. The van der Waals surface area contributed by atoms with Gasteiger partial charge in [-0.3, -0.25) is 0 Å². The zero-order valence-corrected chi connectivity index (χ0v) is 15.2. The number of benzene rings is 1. The number of anilines is 1. The first-order chi connectivity index (χ1) is 10.8. The number of rotatable bonds is 4. The van der Waals surface area contributed by atoms with Crippen LogP contribution in [-0.4, -0.2) is 35.4 Å². The van der Waals surface area contributed by atoms with E-state index in [1.54, 1.807) is 0 Å². The van der Waals surface area contributed by atoms with Gasteiger partial charge in [0, 0.05) is 23.7 Å². The van der Waals surface area contributed by atoms with Crippen molar-refractivity contribution in [3.8, 4) is 0 Å². The third kappa shape index (κ3) is 6.34. The number of hydrogen-bond donors (Lipinski definition) is 1. The number of ether oxygens (including phenoxy) is 1. The predicted octanol–water partition coefficient (Wildman–Crippen LogP) is 4.40. The molecule has 2 N–H and O–H groups in total. The van der Waals surface area contributed by atoms with Crippen molar-refractivity contribution in [1.29, 1.82) is 0 Å². The Hall–Kier alpha value is -1.36. The van der Waals surface area contributed by atoms with Crippen molar-refractivity contribution in [3.63, 3.8) is 0 Å². The molecule has 0 atom stereocenters. The fraction of sp³-hybridized carbons (Fsp3) is 0.611. The van der Waals surface area contributed by atoms with Gasteiger partial charge in [-0.05, 0) is 76.0 Å². The van der Waals surface area contributed by atoms with Gasteiger partial charge >= 0.3 is 6.09 Å². The van der Waals surface area contributed by atoms with E-state index in [4.69, 9.17) is 10.5 Å². The minimum absolute atomic E-state index is 0.174. The van der Waals surface area contributed by atoms with Crippen molar-refractivity contribution in [2.24, 2.45) is 5.92 Å². The molecular formula is C18H28N2O2S. The van der Waals surface area contributed by atoms with Crippen LogP contribution in [0.1, 0.15) is 40.0 Å². The van der Waals surface area contributed by atoms with Crippen LogP contribution in [0.15, 0.2) is 29.2 Å². The van der Waals surface area contributed by atoms with Gasteiger partial charge in [0.25, 0.3) is 0 Å². The molecule has 128 valence electrons. The minimum atomic E-state index is -0.413.